The van der Waals surface area contributed by atoms with Gasteiger partial charge in [0.15, 0.2) is 5.65 Å². The van der Waals surface area contributed by atoms with Crippen LogP contribution in [0.15, 0.2) is 36.7 Å². The first-order chi connectivity index (χ1) is 14.5. The third-order valence-corrected chi connectivity index (χ3v) is 5.34. The Labute approximate surface area is 170 Å². The van der Waals surface area contributed by atoms with Crippen molar-refractivity contribution < 1.29 is 13.6 Å². The second-order valence-electron chi connectivity index (χ2n) is 7.51. The molecule has 2 aromatic heterocycles. The zero-order valence-corrected chi connectivity index (χ0v) is 15.8. The number of fused-ring (bicyclic) bond motifs is 1. The Hall–Kier alpha value is -3.74. The van der Waals surface area contributed by atoms with Gasteiger partial charge in [0.1, 0.15) is 17.7 Å². The predicted octanol–water partition coefficient (Wildman–Crippen LogP) is 2.70. The molecule has 0 saturated carbocycles. The molecule has 2 saturated heterocycles. The van der Waals surface area contributed by atoms with Crippen molar-refractivity contribution in [3.8, 4) is 11.8 Å². The molecule has 5 rings (SSSR count). The molecule has 30 heavy (non-hydrogen) atoms. The third kappa shape index (κ3) is 3.18. The lowest BCUT2D eigenvalue weighted by molar-refractivity contribution is 0.0974. The maximum absolute atomic E-state index is 14.5. The first-order valence-electron chi connectivity index (χ1n) is 9.50. The number of hydrogen-bond donors (Lipinski definition) is 1. The van der Waals surface area contributed by atoms with E-state index in [9.17, 15) is 13.6 Å². The highest BCUT2D eigenvalue weighted by molar-refractivity contribution is 5.90. The second-order valence-corrected chi connectivity index (χ2v) is 7.51. The summed E-state index contributed by atoms with van der Waals surface area (Å²) in [4.78, 5) is 19.8. The number of nitriles is 1. The van der Waals surface area contributed by atoms with E-state index >= 15 is 0 Å². The Morgan fingerprint density at radius 3 is 2.77 bits per heavy atom. The molecule has 8 nitrogen and oxygen atoms in total. The monoisotopic (exact) mass is 409 g/mol. The van der Waals surface area contributed by atoms with Gasteiger partial charge >= 0.3 is 6.03 Å². The van der Waals surface area contributed by atoms with Crippen LogP contribution in [-0.2, 0) is 0 Å². The Bertz CT molecular complexity index is 1180. The number of urea groups is 1. The van der Waals surface area contributed by atoms with Gasteiger partial charge in [-0.25, -0.2) is 23.2 Å². The van der Waals surface area contributed by atoms with Gasteiger partial charge in [-0.1, -0.05) is 0 Å². The minimum absolute atomic E-state index is 0.0301. The van der Waals surface area contributed by atoms with Crippen LogP contribution in [0.25, 0.3) is 16.7 Å². The van der Waals surface area contributed by atoms with Gasteiger partial charge < -0.3 is 15.1 Å². The van der Waals surface area contributed by atoms with E-state index in [1.165, 1.54) is 27.8 Å². The number of likely N-dealkylation sites (tertiary alicyclic amines) is 1. The lowest BCUT2D eigenvalue weighted by atomic mass is 10.0. The molecule has 10 heteroatoms. The molecule has 3 aromatic rings. The van der Waals surface area contributed by atoms with E-state index in [4.69, 9.17) is 5.26 Å². The molecule has 0 atom stereocenters. The van der Waals surface area contributed by atoms with Crippen molar-refractivity contribution in [3.63, 3.8) is 0 Å². The number of carbonyl (C=O) groups is 1. The van der Waals surface area contributed by atoms with Gasteiger partial charge in [-0.15, -0.1) is 5.10 Å². The largest absolute Gasteiger partial charge is 0.367 e. The fraction of sp³-hybridized carbons (Fsp3) is 0.300. The number of halogens is 2. The predicted molar refractivity (Wildman–Crippen MR) is 106 cm³/mol. The summed E-state index contributed by atoms with van der Waals surface area (Å²) < 4.78 is 28.8. The lowest BCUT2D eigenvalue weighted by Gasteiger charge is -2.36. The van der Waals surface area contributed by atoms with Gasteiger partial charge in [0.25, 0.3) is 0 Å². The van der Waals surface area contributed by atoms with E-state index in [2.05, 4.69) is 21.5 Å². The highest BCUT2D eigenvalue weighted by atomic mass is 19.1. The number of anilines is 2. The summed E-state index contributed by atoms with van der Waals surface area (Å²) in [6, 6.07) is 7.87. The molecular weight excluding hydrogens is 392 g/mol. The molecule has 0 unspecified atom stereocenters. The number of nitrogens with one attached hydrogen (secondary N) is 1. The molecule has 0 spiro atoms. The van der Waals surface area contributed by atoms with E-state index in [0.717, 1.165) is 11.1 Å². The van der Waals surface area contributed by atoms with Crippen LogP contribution in [0.1, 0.15) is 0 Å². The second kappa shape index (κ2) is 6.95. The van der Waals surface area contributed by atoms with Gasteiger partial charge in [0, 0.05) is 30.4 Å². The standard InChI is InChI=1S/C20H17F2N7O/c21-14-10-28(11-14)20(30)25-15-1-2-17(22)18(4-15)29-9-13-3-16(6-24-19(13)26-29)27-7-12(5-23)8-27/h1-4,6,9,12,14H,7-8,10-11H2,(H,25,30). The Kier molecular flexibility index (Phi) is 4.24. The van der Waals surface area contributed by atoms with E-state index in [1.807, 2.05) is 11.0 Å². The van der Waals surface area contributed by atoms with Crippen molar-refractivity contribution in [2.75, 3.05) is 36.4 Å². The number of rotatable bonds is 3. The van der Waals surface area contributed by atoms with Gasteiger partial charge in [0.2, 0.25) is 0 Å². The highest BCUT2D eigenvalue weighted by Crippen LogP contribution is 2.27. The summed E-state index contributed by atoms with van der Waals surface area (Å²) in [5.41, 5.74) is 1.89. The number of aromatic nitrogens is 3. The Balaban J connectivity index is 1.39. The SMILES string of the molecule is N#CC1CN(c2cnc3nn(-c4cc(NC(=O)N5CC(F)C5)ccc4F)cc3c2)C1. The molecule has 2 aliphatic rings. The van der Waals surface area contributed by atoms with Gasteiger partial charge in [-0.05, 0) is 24.3 Å². The minimum Gasteiger partial charge on any atom is -0.367 e. The van der Waals surface area contributed by atoms with Crippen LogP contribution in [-0.4, -0.2) is 58.0 Å². The van der Waals surface area contributed by atoms with Crippen molar-refractivity contribution in [1.82, 2.24) is 19.7 Å². The number of pyridine rings is 1. The van der Waals surface area contributed by atoms with Crippen LogP contribution in [0.4, 0.5) is 25.0 Å². The van der Waals surface area contributed by atoms with Crippen molar-refractivity contribution in [1.29, 1.82) is 5.26 Å². The summed E-state index contributed by atoms with van der Waals surface area (Å²) in [7, 11) is 0. The number of benzene rings is 1. The first-order valence-corrected chi connectivity index (χ1v) is 9.50. The van der Waals surface area contributed by atoms with Gasteiger partial charge in [-0.3, -0.25) is 0 Å². The normalized spacial score (nSPS) is 16.8. The molecule has 0 bridgehead atoms. The Morgan fingerprint density at radius 1 is 1.23 bits per heavy atom. The van der Waals surface area contributed by atoms with Crippen LogP contribution in [0.3, 0.4) is 0 Å². The summed E-state index contributed by atoms with van der Waals surface area (Å²) in [6.07, 6.45) is 2.36. The molecule has 1 aromatic carbocycles. The summed E-state index contributed by atoms with van der Waals surface area (Å²) in [5.74, 6) is -0.476. The fourth-order valence-electron chi connectivity index (χ4n) is 3.53. The lowest BCUT2D eigenvalue weighted by Crippen LogP contribution is -2.53. The topological polar surface area (TPSA) is 90.1 Å². The quantitative estimate of drug-likeness (QED) is 0.718. The van der Waals surface area contributed by atoms with Crippen molar-refractivity contribution >= 4 is 28.4 Å². The minimum atomic E-state index is -0.990. The number of hydrogen-bond acceptors (Lipinski definition) is 5. The van der Waals surface area contributed by atoms with Crippen LogP contribution in [0.5, 0.6) is 0 Å². The summed E-state index contributed by atoms with van der Waals surface area (Å²) in [6.45, 7) is 1.44. The smallest absolute Gasteiger partial charge is 0.322 e. The fourth-order valence-corrected chi connectivity index (χ4v) is 3.53. The molecule has 2 fully saturated rings. The number of amides is 2. The zero-order valence-electron chi connectivity index (χ0n) is 15.8. The number of nitrogens with zero attached hydrogens (tertiary/aromatic N) is 6. The molecule has 1 N–H and O–H groups in total. The average Bonchev–Trinajstić information content (AvgIpc) is 3.09. The third-order valence-electron chi connectivity index (χ3n) is 5.34. The first kappa shape index (κ1) is 18.3. The summed E-state index contributed by atoms with van der Waals surface area (Å²) >= 11 is 0. The number of carbonyl (C=O) groups excluding carboxylic acids is 1. The van der Waals surface area contributed by atoms with Crippen LogP contribution < -0.4 is 10.2 Å². The van der Waals surface area contributed by atoms with Crippen LogP contribution in [0.2, 0.25) is 0 Å². The molecule has 0 aliphatic carbocycles. The maximum atomic E-state index is 14.5. The molecule has 4 heterocycles. The molecule has 152 valence electrons. The van der Waals surface area contributed by atoms with E-state index < -0.39 is 18.0 Å². The van der Waals surface area contributed by atoms with E-state index in [0.29, 0.717) is 24.4 Å². The molecule has 0 radical (unpaired) electrons. The Morgan fingerprint density at radius 2 is 2.03 bits per heavy atom. The zero-order chi connectivity index (χ0) is 20.8. The van der Waals surface area contributed by atoms with Crippen LogP contribution >= 0.6 is 0 Å². The molecular formula is C20H17F2N7O. The summed E-state index contributed by atoms with van der Waals surface area (Å²) in [5, 5.41) is 16.6. The molecule has 2 amide bonds. The number of alkyl halides is 1. The molecule has 2 aliphatic heterocycles. The maximum Gasteiger partial charge on any atom is 0.322 e. The van der Waals surface area contributed by atoms with Crippen molar-refractivity contribution in [2.24, 2.45) is 5.92 Å². The van der Waals surface area contributed by atoms with Gasteiger partial charge in [-0.2, -0.15) is 5.26 Å². The van der Waals surface area contributed by atoms with Gasteiger partial charge in [0.05, 0.1) is 37.0 Å². The van der Waals surface area contributed by atoms with Crippen LogP contribution in [0, 0.1) is 23.1 Å². The van der Waals surface area contributed by atoms with E-state index in [1.54, 1.807) is 12.4 Å². The average molecular weight is 409 g/mol. The highest BCUT2D eigenvalue weighted by Gasteiger charge is 2.30. The van der Waals surface area contributed by atoms with Crippen molar-refractivity contribution in [2.45, 2.75) is 6.17 Å². The van der Waals surface area contributed by atoms with Crippen molar-refractivity contribution in [3.05, 3.63) is 42.5 Å². The van der Waals surface area contributed by atoms with E-state index in [-0.39, 0.29) is 24.7 Å².